The van der Waals surface area contributed by atoms with Crippen LogP contribution < -0.4 is 4.72 Å². The molecular formula is C15H24N2O3S. The number of hydrogen-bond acceptors (Lipinski definition) is 4. The van der Waals surface area contributed by atoms with E-state index in [9.17, 15) is 13.5 Å². The fraction of sp³-hybridized carbons (Fsp3) is 0.600. The second-order valence-electron chi connectivity index (χ2n) is 5.92. The van der Waals surface area contributed by atoms with Gasteiger partial charge in [0, 0.05) is 12.1 Å². The zero-order chi connectivity index (χ0) is 15.5. The zero-order valence-corrected chi connectivity index (χ0v) is 13.5. The lowest BCUT2D eigenvalue weighted by Gasteiger charge is -2.36. The van der Waals surface area contributed by atoms with E-state index in [-0.39, 0.29) is 17.0 Å². The molecule has 118 valence electrons. The molecule has 21 heavy (non-hydrogen) atoms. The third kappa shape index (κ3) is 3.45. The van der Waals surface area contributed by atoms with Crippen molar-refractivity contribution in [3.8, 4) is 0 Å². The summed E-state index contributed by atoms with van der Waals surface area (Å²) in [5.74, 6) is 0. The van der Waals surface area contributed by atoms with Crippen LogP contribution in [0.25, 0.3) is 0 Å². The number of nitrogens with zero attached hydrogens (tertiary/aromatic N) is 1. The molecule has 5 nitrogen and oxygen atoms in total. The summed E-state index contributed by atoms with van der Waals surface area (Å²) in [6.45, 7) is 0.123. The van der Waals surface area contributed by atoms with Crippen LogP contribution in [0.4, 0.5) is 0 Å². The summed E-state index contributed by atoms with van der Waals surface area (Å²) in [6, 6.07) is 6.56. The van der Waals surface area contributed by atoms with Gasteiger partial charge in [-0.3, -0.25) is 0 Å². The maximum atomic E-state index is 12.5. The van der Waals surface area contributed by atoms with Crippen molar-refractivity contribution in [3.05, 3.63) is 29.8 Å². The SMILES string of the molecule is CN(C)C1(CNS(=O)(=O)c2ccccc2CO)CCCC1. The van der Waals surface area contributed by atoms with Gasteiger partial charge in [-0.25, -0.2) is 13.1 Å². The minimum atomic E-state index is -3.60. The first kappa shape index (κ1) is 16.4. The van der Waals surface area contributed by atoms with E-state index in [1.54, 1.807) is 18.2 Å². The smallest absolute Gasteiger partial charge is 0.240 e. The number of rotatable bonds is 6. The van der Waals surface area contributed by atoms with Gasteiger partial charge in [0.2, 0.25) is 10.0 Å². The first-order chi connectivity index (χ1) is 9.91. The standard InChI is InChI=1S/C15H24N2O3S/c1-17(2)15(9-5-6-10-15)12-16-21(19,20)14-8-4-3-7-13(14)11-18/h3-4,7-8,16,18H,5-6,9-12H2,1-2H3. The van der Waals surface area contributed by atoms with Gasteiger partial charge in [-0.1, -0.05) is 31.0 Å². The molecule has 0 aromatic heterocycles. The van der Waals surface area contributed by atoms with Gasteiger partial charge in [0.1, 0.15) is 0 Å². The number of benzene rings is 1. The molecule has 1 fully saturated rings. The number of nitrogens with one attached hydrogen (secondary N) is 1. The molecule has 2 rings (SSSR count). The van der Waals surface area contributed by atoms with Crippen molar-refractivity contribution in [2.75, 3.05) is 20.6 Å². The number of aliphatic hydroxyl groups is 1. The van der Waals surface area contributed by atoms with Gasteiger partial charge in [-0.05, 0) is 38.6 Å². The van der Waals surface area contributed by atoms with E-state index in [2.05, 4.69) is 9.62 Å². The normalized spacial score (nSPS) is 18.3. The lowest BCUT2D eigenvalue weighted by atomic mass is 9.97. The maximum absolute atomic E-state index is 12.5. The molecule has 0 heterocycles. The number of hydrogen-bond donors (Lipinski definition) is 2. The van der Waals surface area contributed by atoms with Gasteiger partial charge in [-0.2, -0.15) is 0 Å². The highest BCUT2D eigenvalue weighted by atomic mass is 32.2. The molecule has 1 aliphatic rings. The summed E-state index contributed by atoms with van der Waals surface area (Å²) in [6.07, 6.45) is 4.27. The van der Waals surface area contributed by atoms with Crippen LogP contribution in [-0.2, 0) is 16.6 Å². The fourth-order valence-electron chi connectivity index (χ4n) is 3.02. The van der Waals surface area contributed by atoms with Crippen molar-refractivity contribution < 1.29 is 13.5 Å². The summed E-state index contributed by atoms with van der Waals surface area (Å²) in [7, 11) is 0.404. The highest BCUT2D eigenvalue weighted by Gasteiger charge is 2.37. The first-order valence-electron chi connectivity index (χ1n) is 7.27. The largest absolute Gasteiger partial charge is 0.392 e. The van der Waals surface area contributed by atoms with Gasteiger partial charge >= 0.3 is 0 Å². The van der Waals surface area contributed by atoms with E-state index in [4.69, 9.17) is 0 Å². The van der Waals surface area contributed by atoms with E-state index < -0.39 is 10.0 Å². The molecule has 0 radical (unpaired) electrons. The Labute approximate surface area is 127 Å². The molecule has 0 bridgehead atoms. The Morgan fingerprint density at radius 3 is 2.43 bits per heavy atom. The molecule has 1 aromatic carbocycles. The van der Waals surface area contributed by atoms with E-state index in [0.717, 1.165) is 25.7 Å². The van der Waals surface area contributed by atoms with Gasteiger partial charge in [0.15, 0.2) is 0 Å². The average molecular weight is 312 g/mol. The zero-order valence-electron chi connectivity index (χ0n) is 12.7. The van der Waals surface area contributed by atoms with Crippen LogP contribution in [0.2, 0.25) is 0 Å². The Morgan fingerprint density at radius 1 is 1.24 bits per heavy atom. The van der Waals surface area contributed by atoms with Crippen LogP contribution in [0.15, 0.2) is 29.2 Å². The molecule has 0 spiro atoms. The van der Waals surface area contributed by atoms with Crippen molar-refractivity contribution in [3.63, 3.8) is 0 Å². The summed E-state index contributed by atoms with van der Waals surface area (Å²) in [5, 5.41) is 9.30. The van der Waals surface area contributed by atoms with Crippen LogP contribution in [0, 0.1) is 0 Å². The van der Waals surface area contributed by atoms with Crippen LogP contribution in [-0.4, -0.2) is 44.6 Å². The highest BCUT2D eigenvalue weighted by molar-refractivity contribution is 7.89. The molecule has 1 aliphatic carbocycles. The van der Waals surface area contributed by atoms with E-state index in [1.807, 2.05) is 14.1 Å². The van der Waals surface area contributed by atoms with Crippen molar-refractivity contribution in [2.45, 2.75) is 42.7 Å². The second-order valence-corrected chi connectivity index (χ2v) is 7.65. The monoisotopic (exact) mass is 312 g/mol. The number of likely N-dealkylation sites (N-methyl/N-ethyl adjacent to an activating group) is 1. The topological polar surface area (TPSA) is 69.6 Å². The molecule has 2 N–H and O–H groups in total. The van der Waals surface area contributed by atoms with E-state index in [0.29, 0.717) is 12.1 Å². The van der Waals surface area contributed by atoms with Gasteiger partial charge in [0.05, 0.1) is 11.5 Å². The van der Waals surface area contributed by atoms with E-state index in [1.165, 1.54) is 6.07 Å². The molecule has 1 aromatic rings. The lowest BCUT2D eigenvalue weighted by Crippen LogP contribution is -2.50. The van der Waals surface area contributed by atoms with Crippen molar-refractivity contribution >= 4 is 10.0 Å². The van der Waals surface area contributed by atoms with Gasteiger partial charge in [-0.15, -0.1) is 0 Å². The summed E-state index contributed by atoms with van der Waals surface area (Å²) in [4.78, 5) is 2.29. The van der Waals surface area contributed by atoms with Crippen molar-refractivity contribution in [1.29, 1.82) is 0 Å². The quantitative estimate of drug-likeness (QED) is 0.831. The van der Waals surface area contributed by atoms with Crippen LogP contribution in [0.1, 0.15) is 31.2 Å². The molecule has 0 unspecified atom stereocenters. The Balaban J connectivity index is 2.18. The number of sulfonamides is 1. The van der Waals surface area contributed by atoms with Crippen LogP contribution in [0.3, 0.4) is 0 Å². The third-order valence-corrected chi connectivity index (χ3v) is 6.01. The average Bonchev–Trinajstić information content (AvgIpc) is 2.95. The predicted molar refractivity (Wildman–Crippen MR) is 82.4 cm³/mol. The van der Waals surface area contributed by atoms with Crippen molar-refractivity contribution in [1.82, 2.24) is 9.62 Å². The number of aliphatic hydroxyl groups excluding tert-OH is 1. The summed E-state index contributed by atoms with van der Waals surface area (Å²) >= 11 is 0. The lowest BCUT2D eigenvalue weighted by molar-refractivity contribution is 0.162. The minimum Gasteiger partial charge on any atom is -0.392 e. The second kappa shape index (κ2) is 6.44. The Bertz CT molecular complexity index is 578. The molecule has 1 saturated carbocycles. The Hall–Kier alpha value is -0.950. The van der Waals surface area contributed by atoms with Crippen LogP contribution >= 0.6 is 0 Å². The molecule has 6 heteroatoms. The summed E-state index contributed by atoms with van der Waals surface area (Å²) in [5.41, 5.74) is 0.330. The summed E-state index contributed by atoms with van der Waals surface area (Å²) < 4.78 is 27.7. The molecule has 0 atom stereocenters. The van der Waals surface area contributed by atoms with Gasteiger partial charge < -0.3 is 10.0 Å². The predicted octanol–water partition coefficient (Wildman–Crippen LogP) is 1.33. The molecule has 0 saturated heterocycles. The third-order valence-electron chi connectivity index (χ3n) is 4.51. The molecule has 0 amide bonds. The van der Waals surface area contributed by atoms with Gasteiger partial charge in [0.25, 0.3) is 0 Å². The fourth-order valence-corrected chi connectivity index (χ4v) is 4.37. The Morgan fingerprint density at radius 2 is 1.86 bits per heavy atom. The first-order valence-corrected chi connectivity index (χ1v) is 8.75. The van der Waals surface area contributed by atoms with Crippen LogP contribution in [0.5, 0.6) is 0 Å². The highest BCUT2D eigenvalue weighted by Crippen LogP contribution is 2.33. The molecule has 0 aliphatic heterocycles. The molecular weight excluding hydrogens is 288 g/mol. The minimum absolute atomic E-state index is 0.0960. The van der Waals surface area contributed by atoms with E-state index >= 15 is 0 Å². The van der Waals surface area contributed by atoms with Crippen molar-refractivity contribution in [2.24, 2.45) is 0 Å². The Kier molecular flexibility index (Phi) is 5.03. The maximum Gasteiger partial charge on any atom is 0.240 e.